The van der Waals surface area contributed by atoms with Gasteiger partial charge in [-0.3, -0.25) is 14.6 Å². The van der Waals surface area contributed by atoms with Gasteiger partial charge in [-0.1, -0.05) is 12.1 Å². The number of nitrogens with one attached hydrogen (secondary N) is 1. The second kappa shape index (κ2) is 10.6. The van der Waals surface area contributed by atoms with E-state index >= 15 is 0 Å². The Bertz CT molecular complexity index is 693. The van der Waals surface area contributed by atoms with E-state index in [2.05, 4.69) is 10.3 Å². The third-order valence-corrected chi connectivity index (χ3v) is 4.86. The van der Waals surface area contributed by atoms with Gasteiger partial charge in [0.2, 0.25) is 5.91 Å². The Labute approximate surface area is 165 Å². The van der Waals surface area contributed by atoms with Crippen molar-refractivity contribution < 1.29 is 18.7 Å². The molecule has 1 fully saturated rings. The molecule has 0 saturated carbocycles. The Morgan fingerprint density at radius 1 is 1.39 bits per heavy atom. The number of rotatable bonds is 7. The molecule has 1 heterocycles. The van der Waals surface area contributed by atoms with Crippen molar-refractivity contribution in [2.24, 2.45) is 22.6 Å². The molecule has 2 unspecified atom stereocenters. The summed E-state index contributed by atoms with van der Waals surface area (Å²) in [6, 6.07) is 6.02. The lowest BCUT2D eigenvalue weighted by atomic mass is 9.98. The monoisotopic (exact) mass is 392 g/mol. The number of amides is 1. The number of hydrogen-bond donors (Lipinski definition) is 2. The van der Waals surface area contributed by atoms with E-state index in [4.69, 9.17) is 10.5 Å². The molecule has 8 heteroatoms. The van der Waals surface area contributed by atoms with Crippen LogP contribution in [0.4, 0.5) is 4.39 Å². The van der Waals surface area contributed by atoms with Gasteiger partial charge in [-0.05, 0) is 43.9 Å². The first-order valence-corrected chi connectivity index (χ1v) is 9.60. The number of primary amides is 1. The first kappa shape index (κ1) is 21.7. The molecular weight excluding hydrogens is 363 g/mol. The quantitative estimate of drug-likeness (QED) is 0.414. The van der Waals surface area contributed by atoms with Gasteiger partial charge in [0.25, 0.3) is 0 Å². The van der Waals surface area contributed by atoms with E-state index in [-0.39, 0.29) is 17.7 Å². The van der Waals surface area contributed by atoms with E-state index < -0.39 is 11.8 Å². The molecule has 0 aromatic heterocycles. The van der Waals surface area contributed by atoms with Gasteiger partial charge in [0.15, 0.2) is 5.96 Å². The number of piperidine rings is 1. The second-order valence-electron chi connectivity index (χ2n) is 6.90. The number of likely N-dealkylation sites (tertiary alicyclic amines) is 1. The molecule has 1 saturated heterocycles. The molecule has 0 bridgehead atoms. The summed E-state index contributed by atoms with van der Waals surface area (Å²) in [6.45, 7) is 3.77. The van der Waals surface area contributed by atoms with E-state index in [1.807, 2.05) is 4.90 Å². The van der Waals surface area contributed by atoms with Gasteiger partial charge in [-0.25, -0.2) is 4.39 Å². The minimum absolute atomic E-state index is 0.182. The van der Waals surface area contributed by atoms with Crippen LogP contribution in [0.25, 0.3) is 0 Å². The Morgan fingerprint density at radius 3 is 2.71 bits per heavy atom. The van der Waals surface area contributed by atoms with Gasteiger partial charge < -0.3 is 20.7 Å². The number of carbonyl (C=O) groups is 2. The van der Waals surface area contributed by atoms with Crippen molar-refractivity contribution in [2.45, 2.75) is 26.2 Å². The minimum atomic E-state index is -0.465. The van der Waals surface area contributed by atoms with Crippen LogP contribution in [0.3, 0.4) is 0 Å². The number of esters is 1. The van der Waals surface area contributed by atoms with Crippen molar-refractivity contribution in [1.29, 1.82) is 0 Å². The average Bonchev–Trinajstić information content (AvgIpc) is 2.69. The van der Waals surface area contributed by atoms with Gasteiger partial charge in [0.1, 0.15) is 5.82 Å². The van der Waals surface area contributed by atoms with Crippen LogP contribution >= 0.6 is 0 Å². The lowest BCUT2D eigenvalue weighted by Gasteiger charge is -2.34. The maximum Gasteiger partial charge on any atom is 0.310 e. The zero-order valence-electron chi connectivity index (χ0n) is 16.5. The van der Waals surface area contributed by atoms with Crippen molar-refractivity contribution in [2.75, 3.05) is 33.3 Å². The Hall–Kier alpha value is -2.64. The standard InChI is InChI=1S/C20H29FN4O3/c1-3-28-19(27)15-5-4-10-25(13-15)20(23-2)24-12-16(18(22)26)11-14-6-8-17(21)9-7-14/h6-9,15-16H,3-5,10-13H2,1-2H3,(H2,22,26)(H,23,24). The summed E-state index contributed by atoms with van der Waals surface area (Å²) >= 11 is 0. The number of halogens is 1. The highest BCUT2D eigenvalue weighted by molar-refractivity contribution is 5.83. The number of guanidine groups is 1. The summed E-state index contributed by atoms with van der Waals surface area (Å²) in [4.78, 5) is 30.2. The van der Waals surface area contributed by atoms with Crippen LogP contribution in [0.15, 0.2) is 29.3 Å². The maximum atomic E-state index is 13.1. The zero-order valence-corrected chi connectivity index (χ0v) is 16.5. The highest BCUT2D eigenvalue weighted by Crippen LogP contribution is 2.18. The SMILES string of the molecule is CCOC(=O)C1CCCN(C(=NC)NCC(Cc2ccc(F)cc2)C(N)=O)C1. The number of nitrogens with zero attached hydrogens (tertiary/aromatic N) is 2. The first-order chi connectivity index (χ1) is 13.4. The van der Waals surface area contributed by atoms with Crippen LogP contribution in [-0.4, -0.2) is 56.0 Å². The predicted molar refractivity (Wildman–Crippen MR) is 105 cm³/mol. The summed E-state index contributed by atoms with van der Waals surface area (Å²) in [5, 5.41) is 3.19. The molecular formula is C20H29FN4O3. The second-order valence-corrected chi connectivity index (χ2v) is 6.90. The normalized spacial score (nSPS) is 18.5. The number of carbonyl (C=O) groups excluding carboxylic acids is 2. The third-order valence-electron chi connectivity index (χ3n) is 4.86. The lowest BCUT2D eigenvalue weighted by molar-refractivity contribution is -0.149. The highest BCUT2D eigenvalue weighted by atomic mass is 19.1. The van der Waals surface area contributed by atoms with Gasteiger partial charge in [0, 0.05) is 26.7 Å². The largest absolute Gasteiger partial charge is 0.466 e. The highest BCUT2D eigenvalue weighted by Gasteiger charge is 2.29. The molecule has 0 aliphatic carbocycles. The molecule has 7 nitrogen and oxygen atoms in total. The van der Waals surface area contributed by atoms with E-state index in [9.17, 15) is 14.0 Å². The number of ether oxygens (including phenoxy) is 1. The van der Waals surface area contributed by atoms with Crippen LogP contribution in [0.1, 0.15) is 25.3 Å². The molecule has 0 spiro atoms. The van der Waals surface area contributed by atoms with Crippen molar-refractivity contribution in [1.82, 2.24) is 10.2 Å². The van der Waals surface area contributed by atoms with Crippen molar-refractivity contribution in [3.05, 3.63) is 35.6 Å². The molecule has 154 valence electrons. The molecule has 1 aliphatic rings. The Kier molecular flexibility index (Phi) is 8.22. The molecule has 2 rings (SSSR count). The number of benzene rings is 1. The predicted octanol–water partition coefficient (Wildman–Crippen LogP) is 1.32. The zero-order chi connectivity index (χ0) is 20.5. The fourth-order valence-electron chi connectivity index (χ4n) is 3.35. The van der Waals surface area contributed by atoms with Gasteiger partial charge >= 0.3 is 5.97 Å². The van der Waals surface area contributed by atoms with Gasteiger partial charge in [-0.15, -0.1) is 0 Å². The first-order valence-electron chi connectivity index (χ1n) is 9.60. The average molecular weight is 392 g/mol. The van der Waals surface area contributed by atoms with Gasteiger partial charge in [-0.2, -0.15) is 0 Å². The van der Waals surface area contributed by atoms with Crippen LogP contribution in [0.5, 0.6) is 0 Å². The smallest absolute Gasteiger partial charge is 0.310 e. The number of hydrogen-bond acceptors (Lipinski definition) is 4. The number of nitrogens with two attached hydrogens (primary N) is 1. The van der Waals surface area contributed by atoms with Crippen LogP contribution in [-0.2, 0) is 20.7 Å². The molecule has 1 aromatic rings. The topological polar surface area (TPSA) is 97.0 Å². The molecule has 1 aromatic carbocycles. The Morgan fingerprint density at radius 2 is 2.11 bits per heavy atom. The summed E-state index contributed by atoms with van der Waals surface area (Å²) in [6.07, 6.45) is 2.06. The summed E-state index contributed by atoms with van der Waals surface area (Å²) < 4.78 is 18.2. The Balaban J connectivity index is 1.95. The summed E-state index contributed by atoms with van der Waals surface area (Å²) in [5.74, 6) is -0.964. The van der Waals surface area contributed by atoms with Crippen molar-refractivity contribution in [3.63, 3.8) is 0 Å². The molecule has 3 N–H and O–H groups in total. The minimum Gasteiger partial charge on any atom is -0.466 e. The number of aliphatic imine (C=N–C) groups is 1. The third kappa shape index (κ3) is 6.21. The molecule has 28 heavy (non-hydrogen) atoms. The van der Waals surface area contributed by atoms with E-state index in [1.165, 1.54) is 12.1 Å². The fourth-order valence-corrected chi connectivity index (χ4v) is 3.35. The molecule has 2 atom stereocenters. The van der Waals surface area contributed by atoms with Crippen LogP contribution in [0, 0.1) is 17.7 Å². The maximum absolute atomic E-state index is 13.1. The van der Waals surface area contributed by atoms with Crippen LogP contribution < -0.4 is 11.1 Å². The summed E-state index contributed by atoms with van der Waals surface area (Å²) in [5.41, 5.74) is 6.38. The van der Waals surface area contributed by atoms with E-state index in [0.717, 1.165) is 24.9 Å². The van der Waals surface area contributed by atoms with E-state index in [1.54, 1.807) is 26.1 Å². The van der Waals surface area contributed by atoms with Crippen molar-refractivity contribution in [3.8, 4) is 0 Å². The van der Waals surface area contributed by atoms with Gasteiger partial charge in [0.05, 0.1) is 18.4 Å². The van der Waals surface area contributed by atoms with E-state index in [0.29, 0.717) is 32.1 Å². The molecule has 1 amide bonds. The molecule has 0 radical (unpaired) electrons. The fraction of sp³-hybridized carbons (Fsp3) is 0.550. The van der Waals surface area contributed by atoms with Crippen molar-refractivity contribution >= 4 is 17.8 Å². The summed E-state index contributed by atoms with van der Waals surface area (Å²) in [7, 11) is 1.66. The van der Waals surface area contributed by atoms with Crippen LogP contribution in [0.2, 0.25) is 0 Å². The molecule has 1 aliphatic heterocycles. The lowest BCUT2D eigenvalue weighted by Crippen LogP contribution is -2.50.